The van der Waals surface area contributed by atoms with Crippen LogP contribution in [0.1, 0.15) is 145 Å². The van der Waals surface area contributed by atoms with Crippen LogP contribution in [-0.2, 0) is 93.1 Å². The number of carboxylic acid groups (broad SMARTS) is 2. The van der Waals surface area contributed by atoms with Crippen LogP contribution in [0.3, 0.4) is 0 Å². The molecule has 4 unspecified atom stereocenters. The van der Waals surface area contributed by atoms with Gasteiger partial charge in [0.2, 0.25) is 70.9 Å². The summed E-state index contributed by atoms with van der Waals surface area (Å²) < 4.78 is 0. The molecular formula is C74H110N22O18. The zero-order valence-corrected chi connectivity index (χ0v) is 64.1. The Hall–Kier alpha value is -11.3. The van der Waals surface area contributed by atoms with Crippen molar-refractivity contribution < 1.29 is 87.5 Å². The summed E-state index contributed by atoms with van der Waals surface area (Å²) in [4.78, 5) is 216. The molecule has 0 spiro atoms. The average Bonchev–Trinajstić information content (AvgIpc) is 1.53. The maximum Gasteiger partial charge on any atom is 0.326 e. The second kappa shape index (κ2) is 41.5. The minimum Gasteiger partial charge on any atom is -0.480 e. The van der Waals surface area contributed by atoms with Crippen molar-refractivity contribution in [3.63, 3.8) is 0 Å². The third kappa shape index (κ3) is 23.4. The molecule has 2 aromatic rings. The van der Waals surface area contributed by atoms with Crippen LogP contribution in [0.15, 0.2) is 63.5 Å². The number of aliphatic hydroxyl groups is 2. The number of benzene rings is 2. The fraction of sp³-hybridized carbons (Fsp3) is 0.608. The minimum atomic E-state index is -2.09. The molecule has 4 fully saturated rings. The molecule has 26 N–H and O–H groups in total. The molecule has 16 atom stereocenters. The molecule has 12 amide bonds. The predicted octanol–water partition coefficient (Wildman–Crippen LogP) is -6.21. The van der Waals surface area contributed by atoms with Crippen molar-refractivity contribution in [1.82, 2.24) is 62.1 Å². The quantitative estimate of drug-likeness (QED) is 0.0170. The maximum absolute atomic E-state index is 15.6. The van der Waals surface area contributed by atoms with E-state index in [2.05, 4.69) is 57.5 Å². The molecule has 40 heteroatoms. The van der Waals surface area contributed by atoms with E-state index in [0.29, 0.717) is 67.2 Å². The number of nitrogens with two attached hydrogens (primary N) is 7. The number of hydrogen-bond donors (Lipinski definition) is 19. The number of guanidine groups is 3. The number of carbonyl (C=O) groups is 14. The topological polar surface area (TPSA) is 648 Å². The van der Waals surface area contributed by atoms with Crippen LogP contribution in [-0.4, -0.2) is 265 Å². The van der Waals surface area contributed by atoms with E-state index >= 15 is 24.0 Å². The van der Waals surface area contributed by atoms with Gasteiger partial charge in [0.25, 0.3) is 0 Å². The summed E-state index contributed by atoms with van der Waals surface area (Å²) in [5.74, 6) is -14.7. The molecule has 2 aliphatic carbocycles. The first kappa shape index (κ1) is 88.3. The zero-order valence-electron chi connectivity index (χ0n) is 64.1. The van der Waals surface area contributed by atoms with Crippen molar-refractivity contribution in [2.75, 3.05) is 39.4 Å². The third-order valence-electron chi connectivity index (χ3n) is 21.9. The summed E-state index contributed by atoms with van der Waals surface area (Å²) in [7, 11) is 0. The van der Waals surface area contributed by atoms with E-state index in [4.69, 9.17) is 40.1 Å². The predicted molar refractivity (Wildman–Crippen MR) is 411 cm³/mol. The monoisotopic (exact) mass is 1590 g/mol. The lowest BCUT2D eigenvalue weighted by atomic mass is 9.84. The Morgan fingerprint density at radius 3 is 1.28 bits per heavy atom. The molecule has 4 aliphatic heterocycles. The standard InChI is InChI=1S/C74H110N22O18/c1-38(86-61(102)39(2)87-62(103)46(75)20-11-25-82-72(76)77)60(101)85-33-59(100)88-49(63(104)92-51(37-98)67(108)94-35-45-19-6-4-15-41(45)29-57(94)69(110)96-53-24-10-8-17-43(53)31-55(96)65(106)91-48(71(113)114)22-13-27-84-74(80)81)32-58(99)89-50(36-97)66(107)93-34-44-18-5-3-14-40(44)28-56(93)68(109)95-52-23-9-7-16-42(52)30-54(95)64(105)90-47(70(111)112)21-12-26-83-73(78)79/h3-6,14-15,18-19,38-39,42-43,46-57,97-98H,7-13,16-17,20-37,75H2,1-2H3,(H,85,101)(H,86,102)(H,87,103)(H,88,100)(H,89,99)(H,90,105)(H,91,106)(H,92,104)(H,111,112)(H,113,114)(H4,76,77,82)(H4,78,79,83)(H4,80,81,84)/t38-,39-,42?,43?,46-,47-,48-,49+,50-,51-,52?,53?,54-,55-,56+,57+/m0/s1. The number of nitrogens with zero attached hydrogens (tertiary/aromatic N) is 7. The lowest BCUT2D eigenvalue weighted by Gasteiger charge is -2.42. The number of fused-ring (bicyclic) bond motifs is 4. The highest BCUT2D eigenvalue weighted by atomic mass is 16.4. The van der Waals surface area contributed by atoms with Gasteiger partial charge in [0.05, 0.1) is 32.2 Å². The van der Waals surface area contributed by atoms with Gasteiger partial charge in [-0.3, -0.25) is 72.5 Å². The fourth-order valence-corrected chi connectivity index (χ4v) is 16.1. The van der Waals surface area contributed by atoms with Gasteiger partial charge in [-0.25, -0.2) is 9.59 Å². The number of hydrogen-bond acceptors (Lipinski definition) is 20. The number of aliphatic imine (C=N–C) groups is 3. The Balaban J connectivity index is 1.04. The van der Waals surface area contributed by atoms with Crippen molar-refractivity contribution in [2.24, 2.45) is 66.9 Å². The van der Waals surface area contributed by atoms with Gasteiger partial charge < -0.3 is 123 Å². The Kier molecular flexibility index (Phi) is 32.1. The summed E-state index contributed by atoms with van der Waals surface area (Å²) in [6.07, 6.45) is 4.92. The van der Waals surface area contributed by atoms with Crippen molar-refractivity contribution in [2.45, 2.75) is 234 Å². The molecule has 0 radical (unpaired) electrons. The van der Waals surface area contributed by atoms with Crippen molar-refractivity contribution in [3.8, 4) is 0 Å². The largest absolute Gasteiger partial charge is 0.480 e. The minimum absolute atomic E-state index is 0.0616. The Morgan fingerprint density at radius 2 is 0.851 bits per heavy atom. The number of likely N-dealkylation sites (tertiary alicyclic amines) is 2. The lowest BCUT2D eigenvalue weighted by molar-refractivity contribution is -0.154. The van der Waals surface area contributed by atoms with Gasteiger partial charge >= 0.3 is 11.9 Å². The van der Waals surface area contributed by atoms with Gasteiger partial charge in [-0.2, -0.15) is 0 Å². The molecule has 2 aromatic carbocycles. The second-order valence-electron chi connectivity index (χ2n) is 29.9. The van der Waals surface area contributed by atoms with Gasteiger partial charge in [0.15, 0.2) is 17.9 Å². The van der Waals surface area contributed by atoms with E-state index in [1.165, 1.54) is 23.6 Å². The number of carboxylic acids is 2. The van der Waals surface area contributed by atoms with Crippen molar-refractivity contribution >= 4 is 101 Å². The molecule has 4 heterocycles. The van der Waals surface area contributed by atoms with Gasteiger partial charge in [0.1, 0.15) is 66.5 Å². The highest BCUT2D eigenvalue weighted by molar-refractivity contribution is 6.01. The van der Waals surface area contributed by atoms with E-state index < -0.39 is 194 Å². The van der Waals surface area contributed by atoms with E-state index in [-0.39, 0.29) is 120 Å². The van der Waals surface area contributed by atoms with E-state index in [1.807, 2.05) is 0 Å². The Labute approximate surface area is 658 Å². The third-order valence-corrected chi connectivity index (χ3v) is 21.9. The van der Waals surface area contributed by atoms with Crippen LogP contribution in [0, 0.1) is 11.8 Å². The smallest absolute Gasteiger partial charge is 0.326 e. The number of aliphatic carboxylic acids is 2. The maximum atomic E-state index is 15.6. The number of aliphatic hydroxyl groups excluding tert-OH is 2. The van der Waals surface area contributed by atoms with Crippen LogP contribution < -0.4 is 82.7 Å². The highest BCUT2D eigenvalue weighted by Gasteiger charge is 2.54. The van der Waals surface area contributed by atoms with Crippen LogP contribution in [0.4, 0.5) is 0 Å². The summed E-state index contributed by atoms with van der Waals surface area (Å²) in [5.41, 5.74) is 41.0. The van der Waals surface area contributed by atoms with Crippen molar-refractivity contribution in [1.29, 1.82) is 0 Å². The number of rotatable bonds is 37. The molecule has 2 saturated heterocycles. The molecule has 0 aromatic heterocycles. The molecule has 40 nitrogen and oxygen atoms in total. The second-order valence-corrected chi connectivity index (χ2v) is 29.9. The van der Waals surface area contributed by atoms with Gasteiger partial charge in [-0.05, 0) is 125 Å². The van der Waals surface area contributed by atoms with Crippen LogP contribution >= 0.6 is 0 Å². The summed E-state index contributed by atoms with van der Waals surface area (Å²) >= 11 is 0. The summed E-state index contributed by atoms with van der Waals surface area (Å²) in [5, 5.41) is 62.3. The molecule has 2 saturated carbocycles. The average molecular weight is 1600 g/mol. The number of carbonyl (C=O) groups excluding carboxylic acids is 12. The molecule has 0 bridgehead atoms. The van der Waals surface area contributed by atoms with E-state index in [9.17, 15) is 63.6 Å². The Bertz CT molecular complexity index is 3950. The normalized spacial score (nSPS) is 22.1. The molecule has 624 valence electrons. The van der Waals surface area contributed by atoms with Crippen molar-refractivity contribution in [3.05, 3.63) is 70.8 Å². The summed E-state index contributed by atoms with van der Waals surface area (Å²) in [6.45, 7) is -0.866. The van der Waals surface area contributed by atoms with Gasteiger partial charge in [-0.15, -0.1) is 0 Å². The molecule has 114 heavy (non-hydrogen) atoms. The van der Waals surface area contributed by atoms with Crippen LogP contribution in [0.2, 0.25) is 0 Å². The van der Waals surface area contributed by atoms with Gasteiger partial charge in [0, 0.05) is 57.6 Å². The zero-order chi connectivity index (χ0) is 83.2. The molecular weight excluding hydrogens is 1480 g/mol. The highest BCUT2D eigenvalue weighted by Crippen LogP contribution is 2.43. The van der Waals surface area contributed by atoms with Crippen LogP contribution in [0.25, 0.3) is 0 Å². The summed E-state index contributed by atoms with van der Waals surface area (Å²) in [6, 6.07) is -4.82. The first-order valence-corrected chi connectivity index (χ1v) is 38.7. The number of amides is 12. The van der Waals surface area contributed by atoms with E-state index in [1.54, 1.807) is 48.5 Å². The SMILES string of the molecule is C[C@H](NC(=O)[C@H](C)NC(=O)[C@@H](N)CCCN=C(N)N)C(=O)NCC(=O)N[C@H](CC(=O)N[C@@H](CO)C(=O)N1Cc2ccccc2C[C@@H]1C(=O)N1C2CCCCC2C[C@H]1C(=O)N[C@@H](CCCN=C(N)N)C(=O)O)C(=O)N[C@@H](CO)C(=O)N1Cc2ccccc2C[C@@H]1C(=O)N1C2CCCCC2C[C@H]1C(=O)N[C@@H](CCCN=C(N)N)C(=O)O. The van der Waals surface area contributed by atoms with Crippen LogP contribution in [0.5, 0.6) is 0 Å². The molecule has 8 rings (SSSR count). The fourth-order valence-electron chi connectivity index (χ4n) is 16.1. The Morgan fingerprint density at radius 1 is 0.456 bits per heavy atom. The first-order valence-electron chi connectivity index (χ1n) is 38.7. The lowest BCUT2D eigenvalue weighted by Crippen LogP contribution is -2.63. The van der Waals surface area contributed by atoms with Gasteiger partial charge in [-0.1, -0.05) is 74.2 Å². The van der Waals surface area contributed by atoms with E-state index in [0.717, 1.165) is 22.6 Å². The number of nitrogens with one attached hydrogen (secondary N) is 8. The molecule has 6 aliphatic rings. The first-order chi connectivity index (χ1) is 54.3.